The van der Waals surface area contributed by atoms with Crippen LogP contribution in [0, 0.1) is 0 Å². The van der Waals surface area contributed by atoms with Gasteiger partial charge in [-0.05, 0) is 49.9 Å². The van der Waals surface area contributed by atoms with E-state index in [-0.39, 0.29) is 23.9 Å². The van der Waals surface area contributed by atoms with Crippen molar-refractivity contribution < 1.29 is 14.4 Å². The van der Waals surface area contributed by atoms with Crippen molar-refractivity contribution in [3.05, 3.63) is 65.4 Å². The number of para-hydroxylation sites is 2. The van der Waals surface area contributed by atoms with Gasteiger partial charge in [-0.25, -0.2) is 9.69 Å². The zero-order chi connectivity index (χ0) is 24.2. The van der Waals surface area contributed by atoms with Crippen molar-refractivity contribution in [1.29, 1.82) is 0 Å². The Balaban J connectivity index is 1.37. The van der Waals surface area contributed by atoms with Gasteiger partial charge in [-0.1, -0.05) is 56.0 Å². The fraction of sp³-hybridized carbons (Fsp3) is 0.393. The van der Waals surface area contributed by atoms with Gasteiger partial charge < -0.3 is 15.2 Å². The molecule has 0 spiro atoms. The van der Waals surface area contributed by atoms with E-state index in [0.717, 1.165) is 47.8 Å². The number of aromatic amines is 1. The van der Waals surface area contributed by atoms with Gasteiger partial charge in [0.25, 0.3) is 11.8 Å². The molecule has 2 N–H and O–H groups in total. The summed E-state index contributed by atoms with van der Waals surface area (Å²) >= 11 is 0. The van der Waals surface area contributed by atoms with Crippen LogP contribution in [0.1, 0.15) is 67.1 Å². The second kappa shape index (κ2) is 8.26. The van der Waals surface area contributed by atoms with Crippen LogP contribution in [-0.4, -0.2) is 40.3 Å². The molecule has 2 aromatic carbocycles. The molecular formula is C28H30N4O3. The highest BCUT2D eigenvalue weighted by molar-refractivity contribution is 6.25. The Morgan fingerprint density at radius 3 is 2.51 bits per heavy atom. The second-order valence-corrected chi connectivity index (χ2v) is 10.1. The lowest BCUT2D eigenvalue weighted by molar-refractivity contribution is -0.125. The van der Waals surface area contributed by atoms with Crippen molar-refractivity contribution in [2.45, 2.75) is 63.5 Å². The first-order chi connectivity index (χ1) is 17.0. The minimum absolute atomic E-state index is 0.126. The third-order valence-corrected chi connectivity index (χ3v) is 8.05. The molecule has 1 aromatic heterocycles. The van der Waals surface area contributed by atoms with Gasteiger partial charge in [-0.2, -0.15) is 0 Å². The normalized spacial score (nSPS) is 22.8. The van der Waals surface area contributed by atoms with Crippen LogP contribution >= 0.6 is 0 Å². The van der Waals surface area contributed by atoms with Gasteiger partial charge in [0.1, 0.15) is 0 Å². The number of carbonyl (C=O) groups excluding carboxylic acids is 3. The zero-order valence-corrected chi connectivity index (χ0v) is 20.0. The molecule has 3 aromatic rings. The molecule has 1 saturated carbocycles. The second-order valence-electron chi connectivity index (χ2n) is 10.1. The van der Waals surface area contributed by atoms with Gasteiger partial charge in [-0.15, -0.1) is 0 Å². The molecule has 1 atom stereocenters. The highest BCUT2D eigenvalue weighted by Gasteiger charge is 2.59. The number of carbonyl (C=O) groups is 3. The number of nitrogens with zero attached hydrogens (tertiary/aromatic N) is 2. The van der Waals surface area contributed by atoms with Crippen LogP contribution < -0.4 is 10.2 Å². The number of urea groups is 1. The Kier molecular flexibility index (Phi) is 5.16. The molecule has 0 unspecified atom stereocenters. The lowest BCUT2D eigenvalue weighted by Gasteiger charge is -2.35. The monoisotopic (exact) mass is 470 g/mol. The van der Waals surface area contributed by atoms with Crippen LogP contribution in [0.5, 0.6) is 0 Å². The number of benzene rings is 2. The first-order valence-corrected chi connectivity index (χ1v) is 12.7. The van der Waals surface area contributed by atoms with Crippen molar-refractivity contribution in [1.82, 2.24) is 15.2 Å². The van der Waals surface area contributed by atoms with E-state index in [9.17, 15) is 14.4 Å². The van der Waals surface area contributed by atoms with E-state index in [2.05, 4.69) is 16.4 Å². The van der Waals surface area contributed by atoms with Crippen LogP contribution in [0.25, 0.3) is 10.9 Å². The molecule has 6 rings (SSSR count). The molecular weight excluding hydrogens is 440 g/mol. The smallest absolute Gasteiger partial charge is 0.332 e. The maximum atomic E-state index is 14.0. The first-order valence-electron chi connectivity index (χ1n) is 12.7. The van der Waals surface area contributed by atoms with Gasteiger partial charge >= 0.3 is 6.03 Å². The summed E-state index contributed by atoms with van der Waals surface area (Å²) in [6.45, 7) is 2.26. The summed E-state index contributed by atoms with van der Waals surface area (Å²) in [4.78, 5) is 47.3. The van der Waals surface area contributed by atoms with E-state index < -0.39 is 5.54 Å². The average Bonchev–Trinajstić information content (AvgIpc) is 3.19. The third kappa shape index (κ3) is 3.28. The fourth-order valence-electron chi connectivity index (χ4n) is 6.15. The van der Waals surface area contributed by atoms with Gasteiger partial charge in [0, 0.05) is 23.5 Å². The lowest BCUT2D eigenvalue weighted by atomic mass is 9.87. The molecule has 35 heavy (non-hydrogen) atoms. The number of nitrogens with one attached hydrogen (secondary N) is 2. The summed E-state index contributed by atoms with van der Waals surface area (Å²) < 4.78 is 0. The van der Waals surface area contributed by atoms with E-state index in [0.29, 0.717) is 24.2 Å². The number of imide groups is 1. The summed E-state index contributed by atoms with van der Waals surface area (Å²) in [6.07, 6.45) is 7.21. The van der Waals surface area contributed by atoms with E-state index in [4.69, 9.17) is 0 Å². The van der Waals surface area contributed by atoms with Crippen molar-refractivity contribution >= 4 is 34.4 Å². The van der Waals surface area contributed by atoms with Gasteiger partial charge in [0.05, 0.1) is 16.9 Å². The molecule has 1 saturated heterocycles. The van der Waals surface area contributed by atoms with Crippen LogP contribution in [0.2, 0.25) is 0 Å². The predicted molar refractivity (Wildman–Crippen MR) is 134 cm³/mol. The lowest BCUT2D eigenvalue weighted by Crippen LogP contribution is -2.49. The summed E-state index contributed by atoms with van der Waals surface area (Å²) in [7, 11) is 0. The molecule has 0 bridgehead atoms. The topological polar surface area (TPSA) is 85.5 Å². The minimum atomic E-state index is -1.14. The Hall–Kier alpha value is -3.61. The Labute approximate surface area is 204 Å². The van der Waals surface area contributed by atoms with E-state index in [1.54, 1.807) is 29.2 Å². The molecule has 2 aliphatic heterocycles. The van der Waals surface area contributed by atoms with Crippen molar-refractivity contribution in [3.63, 3.8) is 0 Å². The minimum Gasteiger partial charge on any atom is -0.356 e. The maximum Gasteiger partial charge on any atom is 0.332 e. The van der Waals surface area contributed by atoms with Gasteiger partial charge in [0.15, 0.2) is 5.54 Å². The Morgan fingerprint density at radius 2 is 1.71 bits per heavy atom. The molecule has 3 heterocycles. The van der Waals surface area contributed by atoms with Crippen molar-refractivity contribution in [3.8, 4) is 0 Å². The van der Waals surface area contributed by atoms with Crippen LogP contribution in [-0.2, 0) is 16.8 Å². The number of anilines is 1. The number of amides is 4. The number of hydrogen-bond acceptors (Lipinski definition) is 3. The zero-order valence-electron chi connectivity index (χ0n) is 20.0. The van der Waals surface area contributed by atoms with Crippen LogP contribution in [0.4, 0.5) is 10.5 Å². The van der Waals surface area contributed by atoms with E-state index in [1.165, 1.54) is 17.7 Å². The molecule has 1 aliphatic carbocycles. The SMILES string of the molecule is C[C@]12C(=O)N(c3ccccc3C(=O)NC3CCCCCC3)C(=O)N1CCc1c2[nH]c2ccccc12. The van der Waals surface area contributed by atoms with E-state index >= 15 is 0 Å². The molecule has 3 aliphatic rings. The number of rotatable bonds is 3. The molecule has 7 heteroatoms. The van der Waals surface area contributed by atoms with Gasteiger partial charge in [0.2, 0.25) is 0 Å². The summed E-state index contributed by atoms with van der Waals surface area (Å²) in [5.41, 5.74) is 2.38. The van der Waals surface area contributed by atoms with Gasteiger partial charge in [-0.3, -0.25) is 9.59 Å². The quantitative estimate of drug-likeness (QED) is 0.423. The summed E-state index contributed by atoms with van der Waals surface area (Å²) in [6, 6.07) is 14.7. The van der Waals surface area contributed by atoms with Crippen molar-refractivity contribution in [2.75, 3.05) is 11.4 Å². The average molecular weight is 471 g/mol. The number of hydrogen-bond donors (Lipinski definition) is 2. The highest BCUT2D eigenvalue weighted by Crippen LogP contribution is 2.45. The third-order valence-electron chi connectivity index (χ3n) is 8.05. The molecule has 7 nitrogen and oxygen atoms in total. The highest BCUT2D eigenvalue weighted by atomic mass is 16.2. The molecule has 2 fully saturated rings. The number of fused-ring (bicyclic) bond motifs is 5. The Bertz CT molecular complexity index is 1340. The maximum absolute atomic E-state index is 14.0. The largest absolute Gasteiger partial charge is 0.356 e. The fourth-order valence-corrected chi connectivity index (χ4v) is 6.15. The summed E-state index contributed by atoms with van der Waals surface area (Å²) in [5.74, 6) is -0.556. The van der Waals surface area contributed by atoms with Crippen molar-refractivity contribution in [2.24, 2.45) is 0 Å². The first kappa shape index (κ1) is 21.9. The predicted octanol–water partition coefficient (Wildman–Crippen LogP) is 4.86. The van der Waals surface area contributed by atoms with E-state index in [1.807, 2.05) is 25.1 Å². The molecule has 4 amide bonds. The molecule has 0 radical (unpaired) electrons. The van der Waals surface area contributed by atoms with Crippen LogP contribution in [0.3, 0.4) is 0 Å². The summed E-state index contributed by atoms with van der Waals surface area (Å²) in [5, 5.41) is 4.25. The number of aromatic nitrogens is 1. The molecule has 180 valence electrons. The number of H-pyrrole nitrogens is 1. The Morgan fingerprint density at radius 1 is 1.00 bits per heavy atom. The standard InChI is InChI=1S/C28H30N4O3/c1-28-24-20(19-12-6-8-14-22(19)30-24)16-17-31(28)27(35)32(26(28)34)23-15-9-7-13-21(23)25(33)29-18-10-4-2-3-5-11-18/h6-9,12-15,18,30H,2-5,10-11,16-17H2,1H3,(H,29,33)/t28-/m0/s1. The van der Waals surface area contributed by atoms with Crippen LogP contribution in [0.15, 0.2) is 48.5 Å².